The van der Waals surface area contributed by atoms with Gasteiger partial charge in [-0.1, -0.05) is 5.16 Å². The van der Waals surface area contributed by atoms with Crippen LogP contribution in [0, 0.1) is 21.8 Å². The fourth-order valence-corrected chi connectivity index (χ4v) is 3.01. The lowest BCUT2D eigenvalue weighted by atomic mass is 9.94. The zero-order valence-corrected chi connectivity index (χ0v) is 13.0. The van der Waals surface area contributed by atoms with E-state index in [1.807, 2.05) is 0 Å². The maximum Gasteiger partial charge on any atom is 0.278 e. The molecular formula is C17H10FN3O5. The Labute approximate surface area is 145 Å². The number of nitro benzene ring substituents is 1. The van der Waals surface area contributed by atoms with Gasteiger partial charge in [0.2, 0.25) is 12.0 Å². The molecule has 0 unspecified atom stereocenters. The van der Waals surface area contributed by atoms with Crippen molar-refractivity contribution in [3.63, 3.8) is 0 Å². The van der Waals surface area contributed by atoms with Crippen LogP contribution >= 0.6 is 0 Å². The molecule has 1 fully saturated rings. The predicted octanol–water partition coefficient (Wildman–Crippen LogP) is 2.03. The van der Waals surface area contributed by atoms with E-state index in [-0.39, 0.29) is 17.1 Å². The minimum Gasteiger partial charge on any atom is -0.381 e. The van der Waals surface area contributed by atoms with E-state index in [4.69, 9.17) is 4.84 Å². The molecule has 2 amide bonds. The van der Waals surface area contributed by atoms with Crippen molar-refractivity contribution >= 4 is 28.9 Å². The van der Waals surface area contributed by atoms with Gasteiger partial charge in [0.25, 0.3) is 11.6 Å². The molecule has 0 radical (unpaired) electrons. The first-order valence-corrected chi connectivity index (χ1v) is 7.59. The van der Waals surface area contributed by atoms with Crippen LogP contribution in [0.25, 0.3) is 0 Å². The average Bonchev–Trinajstić information content (AvgIpc) is 3.17. The molecule has 2 aliphatic rings. The number of hydrogen-bond acceptors (Lipinski definition) is 6. The smallest absolute Gasteiger partial charge is 0.278 e. The number of imide groups is 1. The normalized spacial score (nSPS) is 21.4. The summed E-state index contributed by atoms with van der Waals surface area (Å²) in [5.41, 5.74) is 0.812. The van der Waals surface area contributed by atoms with Gasteiger partial charge in [-0.25, -0.2) is 9.29 Å². The number of carbonyl (C=O) groups is 2. The number of halogens is 1. The van der Waals surface area contributed by atoms with E-state index < -0.39 is 34.6 Å². The third kappa shape index (κ3) is 2.32. The molecule has 2 aromatic rings. The van der Waals surface area contributed by atoms with E-state index in [0.717, 1.165) is 17.0 Å². The summed E-state index contributed by atoms with van der Waals surface area (Å²) in [4.78, 5) is 41.6. The highest BCUT2D eigenvalue weighted by Crippen LogP contribution is 2.35. The van der Waals surface area contributed by atoms with Crippen molar-refractivity contribution in [2.75, 3.05) is 4.90 Å². The first-order chi connectivity index (χ1) is 12.5. The van der Waals surface area contributed by atoms with Crippen molar-refractivity contribution in [1.29, 1.82) is 0 Å². The van der Waals surface area contributed by atoms with Crippen LogP contribution in [-0.2, 0) is 14.4 Å². The number of amides is 2. The Bertz CT molecular complexity index is 955. The molecule has 0 bridgehead atoms. The molecular weight excluding hydrogens is 345 g/mol. The Morgan fingerprint density at radius 3 is 2.31 bits per heavy atom. The summed E-state index contributed by atoms with van der Waals surface area (Å²) in [6, 6.07) is 10.4. The van der Waals surface area contributed by atoms with Crippen LogP contribution < -0.4 is 4.90 Å². The first kappa shape index (κ1) is 15.9. The van der Waals surface area contributed by atoms with Gasteiger partial charge in [0.15, 0.2) is 0 Å². The SMILES string of the molecule is O=C1[C@@H]2C(c3ccc([N+](=O)[O-])cc3)=NO[C@@H]2C(=O)N1c1ccc(F)cc1. The van der Waals surface area contributed by atoms with E-state index in [2.05, 4.69) is 5.16 Å². The van der Waals surface area contributed by atoms with Crippen molar-refractivity contribution in [3.8, 4) is 0 Å². The second kappa shape index (κ2) is 5.73. The molecule has 8 nitrogen and oxygen atoms in total. The number of nitrogens with zero attached hydrogens (tertiary/aromatic N) is 3. The zero-order valence-electron chi connectivity index (χ0n) is 13.0. The number of hydrogen-bond donors (Lipinski definition) is 0. The molecule has 0 N–H and O–H groups in total. The lowest BCUT2D eigenvalue weighted by Crippen LogP contribution is -2.33. The van der Waals surface area contributed by atoms with Crippen molar-refractivity contribution in [2.24, 2.45) is 11.1 Å². The molecule has 0 aromatic heterocycles. The highest BCUT2D eigenvalue weighted by Gasteiger charge is 2.56. The number of benzene rings is 2. The molecule has 2 aliphatic heterocycles. The van der Waals surface area contributed by atoms with Crippen LogP contribution in [0.2, 0.25) is 0 Å². The van der Waals surface area contributed by atoms with Crippen molar-refractivity contribution in [1.82, 2.24) is 0 Å². The fraction of sp³-hybridized carbons (Fsp3) is 0.118. The largest absolute Gasteiger partial charge is 0.381 e. The van der Waals surface area contributed by atoms with Gasteiger partial charge in [0.1, 0.15) is 17.4 Å². The monoisotopic (exact) mass is 355 g/mol. The predicted molar refractivity (Wildman–Crippen MR) is 86.9 cm³/mol. The fourth-order valence-electron chi connectivity index (χ4n) is 3.01. The maximum absolute atomic E-state index is 13.1. The van der Waals surface area contributed by atoms with E-state index in [9.17, 15) is 24.1 Å². The molecule has 2 aromatic carbocycles. The molecule has 2 atom stereocenters. The Hall–Kier alpha value is -3.62. The first-order valence-electron chi connectivity index (χ1n) is 7.59. The molecule has 130 valence electrons. The van der Waals surface area contributed by atoms with Crippen molar-refractivity contribution in [3.05, 3.63) is 70.0 Å². The molecule has 26 heavy (non-hydrogen) atoms. The summed E-state index contributed by atoms with van der Waals surface area (Å²) in [5.74, 6) is -2.57. The topological polar surface area (TPSA) is 102 Å². The summed E-state index contributed by atoms with van der Waals surface area (Å²) < 4.78 is 13.1. The van der Waals surface area contributed by atoms with E-state index in [1.54, 1.807) is 0 Å². The van der Waals surface area contributed by atoms with Gasteiger partial charge in [0.05, 0.1) is 10.6 Å². The second-order valence-corrected chi connectivity index (χ2v) is 5.77. The van der Waals surface area contributed by atoms with Gasteiger partial charge in [-0.15, -0.1) is 0 Å². The molecule has 0 spiro atoms. The molecule has 0 saturated carbocycles. The highest BCUT2D eigenvalue weighted by molar-refractivity contribution is 6.32. The van der Waals surface area contributed by atoms with Crippen LogP contribution in [0.4, 0.5) is 15.8 Å². The Kier molecular flexibility index (Phi) is 3.50. The number of rotatable bonds is 3. The van der Waals surface area contributed by atoms with Crippen LogP contribution in [-0.4, -0.2) is 28.6 Å². The Morgan fingerprint density at radius 1 is 1.04 bits per heavy atom. The summed E-state index contributed by atoms with van der Waals surface area (Å²) in [6.07, 6.45) is -1.10. The minimum absolute atomic E-state index is 0.105. The molecule has 9 heteroatoms. The van der Waals surface area contributed by atoms with Gasteiger partial charge in [0, 0.05) is 17.7 Å². The summed E-state index contributed by atoms with van der Waals surface area (Å²) in [7, 11) is 0. The minimum atomic E-state index is -1.10. The van der Waals surface area contributed by atoms with Gasteiger partial charge in [-0.2, -0.15) is 0 Å². The van der Waals surface area contributed by atoms with Gasteiger partial charge in [-0.05, 0) is 36.4 Å². The van der Waals surface area contributed by atoms with Gasteiger partial charge < -0.3 is 4.84 Å². The van der Waals surface area contributed by atoms with Gasteiger partial charge >= 0.3 is 0 Å². The van der Waals surface area contributed by atoms with E-state index in [0.29, 0.717) is 5.56 Å². The number of anilines is 1. The number of nitro groups is 1. The quantitative estimate of drug-likeness (QED) is 0.476. The number of non-ortho nitro benzene ring substituents is 1. The second-order valence-electron chi connectivity index (χ2n) is 5.77. The van der Waals surface area contributed by atoms with Crippen LogP contribution in [0.1, 0.15) is 5.56 Å². The summed E-state index contributed by atoms with van der Waals surface area (Å²) in [5, 5.41) is 14.6. The molecule has 1 saturated heterocycles. The third-order valence-corrected chi connectivity index (χ3v) is 4.27. The third-order valence-electron chi connectivity index (χ3n) is 4.27. The van der Waals surface area contributed by atoms with Crippen molar-refractivity contribution in [2.45, 2.75) is 6.10 Å². The van der Waals surface area contributed by atoms with Crippen LogP contribution in [0.5, 0.6) is 0 Å². The standard InChI is InChI=1S/C17H10FN3O5/c18-10-3-7-11(8-4-10)20-16(22)13-14(19-26-15(13)17(20)23)9-1-5-12(6-2-9)21(24)25/h1-8,13,15H/t13-,15+/m1/s1. The Morgan fingerprint density at radius 2 is 1.69 bits per heavy atom. The Balaban J connectivity index is 1.66. The zero-order chi connectivity index (χ0) is 18.4. The average molecular weight is 355 g/mol. The van der Waals surface area contributed by atoms with Gasteiger partial charge in [-0.3, -0.25) is 19.7 Å². The van der Waals surface area contributed by atoms with Crippen LogP contribution in [0.15, 0.2) is 53.7 Å². The summed E-state index contributed by atoms with van der Waals surface area (Å²) >= 11 is 0. The number of carbonyl (C=O) groups excluding carboxylic acids is 2. The van der Waals surface area contributed by atoms with Crippen molar-refractivity contribution < 1.29 is 23.7 Å². The maximum atomic E-state index is 13.1. The molecule has 4 rings (SSSR count). The van der Waals surface area contributed by atoms with Crippen LogP contribution in [0.3, 0.4) is 0 Å². The molecule has 0 aliphatic carbocycles. The number of fused-ring (bicyclic) bond motifs is 1. The number of oxime groups is 1. The van der Waals surface area contributed by atoms with E-state index in [1.165, 1.54) is 36.4 Å². The summed E-state index contributed by atoms with van der Waals surface area (Å²) in [6.45, 7) is 0. The lowest BCUT2D eigenvalue weighted by Gasteiger charge is -2.15. The highest BCUT2D eigenvalue weighted by atomic mass is 19.1. The lowest BCUT2D eigenvalue weighted by molar-refractivity contribution is -0.384. The molecule has 2 heterocycles. The van der Waals surface area contributed by atoms with E-state index >= 15 is 0 Å².